The van der Waals surface area contributed by atoms with Crippen molar-refractivity contribution in [3.63, 3.8) is 0 Å². The average Bonchev–Trinajstić information content (AvgIpc) is 2.33. The number of hydrogen-bond acceptors (Lipinski definition) is 3. The van der Waals surface area contributed by atoms with Crippen LogP contribution in [0.3, 0.4) is 0 Å². The van der Waals surface area contributed by atoms with Crippen LogP contribution in [0.1, 0.15) is 5.56 Å². The smallest absolute Gasteiger partial charge is 0.307 e. The number of hydrogen-bond donors (Lipinski definition) is 2. The molecule has 5 heteroatoms. The minimum Gasteiger partial charge on any atom is -0.307 e. The van der Waals surface area contributed by atoms with Crippen molar-refractivity contribution in [1.29, 1.82) is 0 Å². The molecular weight excluding hydrogens is 216 g/mol. The molecule has 5 nitrogen and oxygen atoms in total. The number of benzene rings is 1. The van der Waals surface area contributed by atoms with Crippen molar-refractivity contribution >= 4 is 17.7 Å². The summed E-state index contributed by atoms with van der Waals surface area (Å²) >= 11 is 0. The second kappa shape index (κ2) is 5.07. The third-order valence-corrected chi connectivity index (χ3v) is 2.18. The van der Waals surface area contributed by atoms with Crippen LogP contribution in [0, 0.1) is 6.92 Å². The van der Waals surface area contributed by atoms with E-state index in [9.17, 15) is 4.79 Å². The Bertz CT molecular complexity index is 513. The summed E-state index contributed by atoms with van der Waals surface area (Å²) in [6.45, 7) is 1.93. The van der Waals surface area contributed by atoms with Gasteiger partial charge in [0, 0.05) is 18.1 Å². The Kier molecular flexibility index (Phi) is 3.30. The molecular formula is C12H12N4O. The molecule has 0 unspecified atom stereocenters. The third kappa shape index (κ3) is 3.01. The molecule has 0 fully saturated rings. The van der Waals surface area contributed by atoms with Crippen molar-refractivity contribution in [1.82, 2.24) is 9.97 Å². The van der Waals surface area contributed by atoms with E-state index in [1.54, 1.807) is 18.5 Å². The summed E-state index contributed by atoms with van der Waals surface area (Å²) < 4.78 is 0. The van der Waals surface area contributed by atoms with Crippen LogP contribution in [0.4, 0.5) is 16.4 Å². The first-order valence-corrected chi connectivity index (χ1v) is 5.16. The highest BCUT2D eigenvalue weighted by atomic mass is 16.2. The van der Waals surface area contributed by atoms with E-state index in [0.29, 0.717) is 0 Å². The molecule has 1 aromatic carbocycles. The quantitative estimate of drug-likeness (QED) is 0.829. The van der Waals surface area contributed by atoms with E-state index in [-0.39, 0.29) is 12.0 Å². The molecule has 0 bridgehead atoms. The van der Waals surface area contributed by atoms with Crippen LogP contribution in [-0.4, -0.2) is 16.0 Å². The molecule has 2 aromatic rings. The first-order valence-electron chi connectivity index (χ1n) is 5.16. The lowest BCUT2D eigenvalue weighted by Gasteiger charge is -2.08. The fourth-order valence-corrected chi connectivity index (χ4v) is 1.33. The van der Waals surface area contributed by atoms with Gasteiger partial charge in [-0.25, -0.2) is 14.8 Å². The molecule has 0 atom stereocenters. The minimum atomic E-state index is -0.356. The molecule has 0 aliphatic carbocycles. The average molecular weight is 228 g/mol. The number of amides is 2. The molecule has 2 amide bonds. The second-order valence-electron chi connectivity index (χ2n) is 3.47. The lowest BCUT2D eigenvalue weighted by atomic mass is 10.2. The summed E-state index contributed by atoms with van der Waals surface area (Å²) in [5.41, 5.74) is 1.76. The lowest BCUT2D eigenvalue weighted by Crippen LogP contribution is -2.21. The molecule has 0 aliphatic rings. The number of nitrogens with zero attached hydrogens (tertiary/aromatic N) is 2. The zero-order valence-electron chi connectivity index (χ0n) is 9.34. The van der Waals surface area contributed by atoms with Crippen LogP contribution in [0.5, 0.6) is 0 Å². The molecule has 0 saturated heterocycles. The van der Waals surface area contributed by atoms with Crippen molar-refractivity contribution in [3.8, 4) is 0 Å². The fraction of sp³-hybridized carbons (Fsp3) is 0.0833. The number of rotatable bonds is 2. The molecule has 0 spiro atoms. The van der Waals surface area contributed by atoms with Crippen LogP contribution in [0.2, 0.25) is 0 Å². The van der Waals surface area contributed by atoms with Gasteiger partial charge in [0.15, 0.2) is 0 Å². The Hall–Kier alpha value is -2.43. The number of aromatic nitrogens is 2. The van der Waals surface area contributed by atoms with Gasteiger partial charge < -0.3 is 5.32 Å². The van der Waals surface area contributed by atoms with Crippen LogP contribution in [0.15, 0.2) is 42.7 Å². The topological polar surface area (TPSA) is 66.9 Å². The summed E-state index contributed by atoms with van der Waals surface area (Å²) in [5, 5.41) is 5.27. The third-order valence-electron chi connectivity index (χ3n) is 2.18. The van der Waals surface area contributed by atoms with Gasteiger partial charge in [-0.1, -0.05) is 18.2 Å². The summed E-state index contributed by atoms with van der Waals surface area (Å²) in [7, 11) is 0. The Balaban J connectivity index is 2.01. The molecule has 0 saturated carbocycles. The highest BCUT2D eigenvalue weighted by Gasteiger charge is 2.04. The van der Waals surface area contributed by atoms with Crippen LogP contribution < -0.4 is 10.6 Å². The predicted molar refractivity (Wildman–Crippen MR) is 65.9 cm³/mol. The van der Waals surface area contributed by atoms with Crippen molar-refractivity contribution < 1.29 is 4.79 Å². The normalized spacial score (nSPS) is 9.71. The number of aryl methyl sites for hydroxylation is 1. The van der Waals surface area contributed by atoms with Crippen molar-refractivity contribution in [2.45, 2.75) is 6.92 Å². The van der Waals surface area contributed by atoms with E-state index >= 15 is 0 Å². The van der Waals surface area contributed by atoms with Gasteiger partial charge in [0.1, 0.15) is 0 Å². The molecule has 86 valence electrons. The van der Waals surface area contributed by atoms with E-state index in [1.807, 2.05) is 31.2 Å². The molecule has 17 heavy (non-hydrogen) atoms. The number of para-hydroxylation sites is 1. The molecule has 0 radical (unpaired) electrons. The Morgan fingerprint density at radius 2 is 1.76 bits per heavy atom. The zero-order valence-corrected chi connectivity index (χ0v) is 9.34. The second-order valence-corrected chi connectivity index (χ2v) is 3.47. The Morgan fingerprint density at radius 3 is 2.47 bits per heavy atom. The predicted octanol–water partition coefficient (Wildman–Crippen LogP) is 2.43. The van der Waals surface area contributed by atoms with Crippen molar-refractivity contribution in [2.75, 3.05) is 10.6 Å². The van der Waals surface area contributed by atoms with Gasteiger partial charge in [0.2, 0.25) is 5.95 Å². The fourth-order valence-electron chi connectivity index (χ4n) is 1.33. The highest BCUT2D eigenvalue weighted by molar-refractivity contribution is 5.99. The van der Waals surface area contributed by atoms with Crippen LogP contribution in [-0.2, 0) is 0 Å². The highest BCUT2D eigenvalue weighted by Crippen LogP contribution is 2.13. The van der Waals surface area contributed by atoms with Gasteiger partial charge in [-0.05, 0) is 24.6 Å². The minimum absolute atomic E-state index is 0.276. The van der Waals surface area contributed by atoms with Crippen LogP contribution >= 0.6 is 0 Å². The standard InChI is InChI=1S/C12H12N4O/c1-9-5-2-3-6-10(9)15-12(17)16-11-13-7-4-8-14-11/h2-8H,1H3,(H2,13,14,15,16,17). The van der Waals surface area contributed by atoms with Crippen LogP contribution in [0.25, 0.3) is 0 Å². The summed E-state index contributed by atoms with van der Waals surface area (Å²) in [6.07, 6.45) is 3.13. The van der Waals surface area contributed by atoms with Gasteiger partial charge in [-0.15, -0.1) is 0 Å². The largest absolute Gasteiger partial charge is 0.326 e. The van der Waals surface area contributed by atoms with Gasteiger partial charge >= 0.3 is 6.03 Å². The Labute approximate surface area is 98.9 Å². The SMILES string of the molecule is Cc1ccccc1NC(=O)Nc1ncccn1. The Morgan fingerprint density at radius 1 is 1.06 bits per heavy atom. The first kappa shape index (κ1) is 11.1. The molecule has 0 aliphatic heterocycles. The van der Waals surface area contributed by atoms with Gasteiger partial charge in [-0.3, -0.25) is 5.32 Å². The first-order chi connectivity index (χ1) is 8.25. The monoisotopic (exact) mass is 228 g/mol. The van der Waals surface area contributed by atoms with Gasteiger partial charge in [-0.2, -0.15) is 0 Å². The number of urea groups is 1. The van der Waals surface area contributed by atoms with E-state index in [2.05, 4.69) is 20.6 Å². The van der Waals surface area contributed by atoms with E-state index < -0.39 is 0 Å². The number of carbonyl (C=O) groups is 1. The number of carbonyl (C=O) groups excluding carboxylic acids is 1. The zero-order chi connectivity index (χ0) is 12.1. The summed E-state index contributed by atoms with van der Waals surface area (Å²) in [5.74, 6) is 0.276. The summed E-state index contributed by atoms with van der Waals surface area (Å²) in [6, 6.07) is 8.87. The van der Waals surface area contributed by atoms with Gasteiger partial charge in [0.05, 0.1) is 0 Å². The lowest BCUT2D eigenvalue weighted by molar-refractivity contribution is 0.262. The molecule has 1 heterocycles. The summed E-state index contributed by atoms with van der Waals surface area (Å²) in [4.78, 5) is 19.4. The molecule has 2 rings (SSSR count). The maximum Gasteiger partial charge on any atom is 0.326 e. The maximum atomic E-state index is 11.6. The number of anilines is 2. The van der Waals surface area contributed by atoms with Crippen molar-refractivity contribution in [3.05, 3.63) is 48.3 Å². The van der Waals surface area contributed by atoms with Gasteiger partial charge in [0.25, 0.3) is 0 Å². The van der Waals surface area contributed by atoms with E-state index in [1.165, 1.54) is 0 Å². The van der Waals surface area contributed by atoms with E-state index in [0.717, 1.165) is 11.3 Å². The van der Waals surface area contributed by atoms with Crippen molar-refractivity contribution in [2.24, 2.45) is 0 Å². The van der Waals surface area contributed by atoms with E-state index in [4.69, 9.17) is 0 Å². The molecule has 1 aromatic heterocycles. The maximum absolute atomic E-state index is 11.6. The number of nitrogens with one attached hydrogen (secondary N) is 2. The molecule has 2 N–H and O–H groups in total.